The first-order valence-corrected chi connectivity index (χ1v) is 10.9. The lowest BCUT2D eigenvalue weighted by molar-refractivity contribution is -0.122. The van der Waals surface area contributed by atoms with E-state index in [1.165, 1.54) is 17.6 Å². The van der Waals surface area contributed by atoms with Gasteiger partial charge < -0.3 is 15.8 Å². The highest BCUT2D eigenvalue weighted by Crippen LogP contribution is 2.29. The maximum atomic E-state index is 12.7. The summed E-state index contributed by atoms with van der Waals surface area (Å²) in [5, 5.41) is 10.3. The van der Waals surface area contributed by atoms with Crippen LogP contribution in [0.15, 0.2) is 36.8 Å². The van der Waals surface area contributed by atoms with Gasteiger partial charge in [0.2, 0.25) is 0 Å². The minimum atomic E-state index is -4.09. The van der Waals surface area contributed by atoms with Crippen molar-refractivity contribution in [1.29, 1.82) is 0 Å². The molecule has 1 aliphatic heterocycles. The van der Waals surface area contributed by atoms with E-state index in [0.29, 0.717) is 6.42 Å². The zero-order valence-corrected chi connectivity index (χ0v) is 17.1. The Hall–Kier alpha value is -2.86. The molecule has 0 saturated heterocycles. The summed E-state index contributed by atoms with van der Waals surface area (Å²) in [6, 6.07) is 6.40. The number of nitrogens with two attached hydrogens (primary N) is 1. The Kier molecular flexibility index (Phi) is 5.28. The number of hydrogen-bond donors (Lipinski definition) is 4. The number of hydrogen-bond acceptors (Lipinski definition) is 7. The molecule has 1 amide bonds. The molecule has 3 heterocycles. The van der Waals surface area contributed by atoms with Crippen LogP contribution in [0.1, 0.15) is 18.1 Å². The number of carbonyl (C=O) groups excluding carboxylic acids is 1. The van der Waals surface area contributed by atoms with Crippen molar-refractivity contribution < 1.29 is 18.3 Å². The molecule has 1 aromatic carbocycles. The van der Waals surface area contributed by atoms with Gasteiger partial charge in [0.05, 0.1) is 11.8 Å². The van der Waals surface area contributed by atoms with Gasteiger partial charge in [0.1, 0.15) is 18.0 Å². The van der Waals surface area contributed by atoms with Crippen molar-refractivity contribution in [3.8, 4) is 11.3 Å². The van der Waals surface area contributed by atoms with E-state index in [0.717, 1.165) is 33.4 Å². The van der Waals surface area contributed by atoms with Crippen molar-refractivity contribution in [2.45, 2.75) is 32.0 Å². The van der Waals surface area contributed by atoms with E-state index in [9.17, 15) is 18.3 Å². The van der Waals surface area contributed by atoms with Gasteiger partial charge >= 0.3 is 10.2 Å². The number of fused-ring (bicyclic) bond motifs is 2. The number of rotatable bonds is 5. The van der Waals surface area contributed by atoms with E-state index < -0.39 is 28.3 Å². The molecule has 0 fully saturated rings. The van der Waals surface area contributed by atoms with Crippen LogP contribution in [0.2, 0.25) is 0 Å². The molecule has 0 radical (unpaired) electrons. The summed E-state index contributed by atoms with van der Waals surface area (Å²) in [5.41, 5.74) is 9.72. The van der Waals surface area contributed by atoms with Crippen LogP contribution in [-0.4, -0.2) is 57.4 Å². The summed E-state index contributed by atoms with van der Waals surface area (Å²) in [5.74, 6) is -0.944. The van der Waals surface area contributed by atoms with Crippen LogP contribution in [0.5, 0.6) is 0 Å². The van der Waals surface area contributed by atoms with Crippen LogP contribution < -0.4 is 10.5 Å². The number of aliphatic hydroxyl groups excluding tert-OH is 1. The van der Waals surface area contributed by atoms with Crippen LogP contribution in [0, 0.1) is 0 Å². The Morgan fingerprint density at radius 1 is 1.30 bits per heavy atom. The fraction of sp³-hybridized carbons (Fsp3) is 0.316. The standard InChI is InChI=1S/C19H22N6O4S/c1-11(26)16(20)19(27)24-30(28,29)25-7-5-12-2-3-13(8-14(12)9-25)17-15-4-6-21-18(15)23-10-22-17/h2-4,6,8,10-11,16,26H,5,7,9,20H2,1H3,(H,24,27)(H,21,22,23)/t11-,16+/m1/s1. The fourth-order valence-corrected chi connectivity index (χ4v) is 4.62. The highest BCUT2D eigenvalue weighted by molar-refractivity contribution is 7.87. The smallest absolute Gasteiger partial charge is 0.304 e. The van der Waals surface area contributed by atoms with E-state index in [4.69, 9.17) is 5.73 Å². The molecule has 158 valence electrons. The molecule has 0 spiro atoms. The van der Waals surface area contributed by atoms with Crippen molar-refractivity contribution in [1.82, 2.24) is 24.0 Å². The molecule has 0 bridgehead atoms. The molecule has 3 aromatic rings. The lowest BCUT2D eigenvalue weighted by atomic mass is 9.97. The fourth-order valence-electron chi connectivity index (χ4n) is 3.46. The highest BCUT2D eigenvalue weighted by atomic mass is 32.2. The lowest BCUT2D eigenvalue weighted by Crippen LogP contribution is -2.53. The first-order chi connectivity index (χ1) is 14.3. The molecule has 0 aliphatic carbocycles. The molecular formula is C19H22N6O4S. The van der Waals surface area contributed by atoms with Crippen molar-refractivity contribution in [2.75, 3.05) is 6.54 Å². The number of H-pyrrole nitrogens is 1. The molecular weight excluding hydrogens is 408 g/mol. The number of nitrogens with zero attached hydrogens (tertiary/aromatic N) is 3. The van der Waals surface area contributed by atoms with E-state index >= 15 is 0 Å². The molecule has 0 saturated carbocycles. The molecule has 1 aliphatic rings. The summed E-state index contributed by atoms with van der Waals surface area (Å²) in [4.78, 5) is 23.6. The van der Waals surface area contributed by atoms with E-state index in [2.05, 4.69) is 15.0 Å². The van der Waals surface area contributed by atoms with Crippen LogP contribution in [0.3, 0.4) is 0 Å². The van der Waals surface area contributed by atoms with Gasteiger partial charge in [0.25, 0.3) is 5.91 Å². The molecule has 30 heavy (non-hydrogen) atoms. The second-order valence-corrected chi connectivity index (χ2v) is 8.94. The molecule has 2 atom stereocenters. The first kappa shape index (κ1) is 20.4. The van der Waals surface area contributed by atoms with Crippen LogP contribution in [-0.2, 0) is 28.0 Å². The minimum Gasteiger partial charge on any atom is -0.391 e. The molecule has 10 nitrogen and oxygen atoms in total. The molecule has 4 rings (SSSR count). The van der Waals surface area contributed by atoms with E-state index in [-0.39, 0.29) is 13.1 Å². The Morgan fingerprint density at radius 2 is 2.10 bits per heavy atom. The number of aromatic amines is 1. The number of benzene rings is 1. The Labute approximate surface area is 173 Å². The third kappa shape index (κ3) is 3.79. The highest BCUT2D eigenvalue weighted by Gasteiger charge is 2.31. The maximum absolute atomic E-state index is 12.7. The second-order valence-electron chi connectivity index (χ2n) is 7.27. The zero-order chi connectivity index (χ0) is 21.5. The predicted molar refractivity (Wildman–Crippen MR) is 110 cm³/mol. The number of carbonyl (C=O) groups is 1. The minimum absolute atomic E-state index is 0.108. The number of aliphatic hydroxyl groups is 1. The van der Waals surface area contributed by atoms with Crippen molar-refractivity contribution in [3.63, 3.8) is 0 Å². The Morgan fingerprint density at radius 3 is 2.87 bits per heavy atom. The average molecular weight is 430 g/mol. The second kappa shape index (κ2) is 7.76. The van der Waals surface area contributed by atoms with Gasteiger partial charge in [-0.25, -0.2) is 14.7 Å². The van der Waals surface area contributed by atoms with Gasteiger partial charge in [-0.2, -0.15) is 12.7 Å². The summed E-state index contributed by atoms with van der Waals surface area (Å²) in [7, 11) is -4.09. The van der Waals surface area contributed by atoms with Crippen molar-refractivity contribution in [2.24, 2.45) is 5.73 Å². The first-order valence-electron chi connectivity index (χ1n) is 9.42. The zero-order valence-electron chi connectivity index (χ0n) is 16.2. The SMILES string of the molecule is C[C@@H](O)[C@H](N)C(=O)NS(=O)(=O)N1CCc2ccc(-c3ncnc4[nH]ccc34)cc2C1. The quantitative estimate of drug-likeness (QED) is 0.446. The summed E-state index contributed by atoms with van der Waals surface area (Å²) in [6.45, 7) is 1.66. The normalized spacial score (nSPS) is 16.8. The van der Waals surface area contributed by atoms with Gasteiger partial charge in [-0.05, 0) is 36.6 Å². The van der Waals surface area contributed by atoms with Crippen LogP contribution in [0.25, 0.3) is 22.3 Å². The predicted octanol–water partition coefficient (Wildman–Crippen LogP) is 0.0521. The topological polar surface area (TPSA) is 154 Å². The van der Waals surface area contributed by atoms with Crippen LogP contribution in [0.4, 0.5) is 0 Å². The Bertz CT molecular complexity index is 1210. The molecule has 2 aromatic heterocycles. The molecule has 11 heteroatoms. The average Bonchev–Trinajstić information content (AvgIpc) is 3.20. The van der Waals surface area contributed by atoms with E-state index in [1.54, 1.807) is 6.20 Å². The van der Waals surface area contributed by atoms with Gasteiger partial charge in [0, 0.05) is 30.2 Å². The molecule has 0 unspecified atom stereocenters. The third-order valence-electron chi connectivity index (χ3n) is 5.20. The number of aromatic nitrogens is 3. The summed E-state index contributed by atoms with van der Waals surface area (Å²) < 4.78 is 28.5. The summed E-state index contributed by atoms with van der Waals surface area (Å²) in [6.07, 6.45) is 2.61. The van der Waals surface area contributed by atoms with E-state index in [1.807, 2.05) is 29.0 Å². The third-order valence-corrected chi connectivity index (χ3v) is 6.65. The summed E-state index contributed by atoms with van der Waals surface area (Å²) >= 11 is 0. The number of nitrogens with one attached hydrogen (secondary N) is 2. The maximum Gasteiger partial charge on any atom is 0.304 e. The lowest BCUT2D eigenvalue weighted by Gasteiger charge is -2.29. The monoisotopic (exact) mass is 430 g/mol. The largest absolute Gasteiger partial charge is 0.391 e. The van der Waals surface area contributed by atoms with Gasteiger partial charge in [-0.1, -0.05) is 12.1 Å². The molecule has 5 N–H and O–H groups in total. The van der Waals surface area contributed by atoms with Crippen molar-refractivity contribution in [3.05, 3.63) is 47.9 Å². The van der Waals surface area contributed by atoms with Crippen molar-refractivity contribution >= 4 is 27.1 Å². The van der Waals surface area contributed by atoms with Gasteiger partial charge in [0.15, 0.2) is 0 Å². The van der Waals surface area contributed by atoms with Crippen LogP contribution >= 0.6 is 0 Å². The van der Waals surface area contributed by atoms with Gasteiger partial charge in [-0.15, -0.1) is 0 Å². The number of amides is 1. The Balaban J connectivity index is 1.60. The van der Waals surface area contributed by atoms with Gasteiger partial charge in [-0.3, -0.25) is 4.79 Å².